The maximum Gasteiger partial charge on any atom is 0.227 e. The van der Waals surface area contributed by atoms with Crippen LogP contribution in [0, 0.1) is 5.92 Å². The first-order valence-electron chi connectivity index (χ1n) is 9.55. The maximum absolute atomic E-state index is 12.9. The molecule has 5 nitrogen and oxygen atoms in total. The summed E-state index contributed by atoms with van der Waals surface area (Å²) in [5.41, 5.74) is 0.795. The fourth-order valence-corrected chi connectivity index (χ4v) is 4.45. The molecule has 136 valence electrons. The van der Waals surface area contributed by atoms with E-state index in [2.05, 4.69) is 4.98 Å². The number of hydrogen-bond acceptors (Lipinski definition) is 4. The molecule has 0 spiro atoms. The molecule has 1 saturated heterocycles. The van der Waals surface area contributed by atoms with Crippen molar-refractivity contribution < 1.29 is 14.3 Å². The van der Waals surface area contributed by atoms with Crippen LogP contribution >= 0.6 is 0 Å². The monoisotopic (exact) mass is 344 g/mol. The average Bonchev–Trinajstić information content (AvgIpc) is 3.39. The first-order chi connectivity index (χ1) is 12.2. The van der Waals surface area contributed by atoms with Crippen LogP contribution in [0.1, 0.15) is 44.1 Å². The quantitative estimate of drug-likeness (QED) is 0.796. The van der Waals surface area contributed by atoms with E-state index in [4.69, 9.17) is 9.47 Å². The van der Waals surface area contributed by atoms with E-state index in [0.29, 0.717) is 6.42 Å². The minimum Gasteiger partial charge on any atom is -0.378 e. The van der Waals surface area contributed by atoms with Crippen LogP contribution in [-0.2, 0) is 20.7 Å². The Morgan fingerprint density at radius 1 is 1.36 bits per heavy atom. The van der Waals surface area contributed by atoms with Crippen molar-refractivity contribution >= 4 is 5.91 Å². The van der Waals surface area contributed by atoms with Gasteiger partial charge in [-0.3, -0.25) is 9.78 Å². The Morgan fingerprint density at radius 2 is 2.24 bits per heavy atom. The number of hydrogen-bond donors (Lipinski definition) is 0. The molecule has 0 bridgehead atoms. The second-order valence-corrected chi connectivity index (χ2v) is 7.83. The van der Waals surface area contributed by atoms with E-state index in [1.807, 2.05) is 17.0 Å². The van der Waals surface area contributed by atoms with E-state index < -0.39 is 0 Å². The van der Waals surface area contributed by atoms with Crippen LogP contribution in [0.4, 0.5) is 0 Å². The lowest BCUT2D eigenvalue weighted by atomic mass is 9.79. The normalized spacial score (nSPS) is 31.8. The minimum atomic E-state index is -0.177. The molecule has 3 atom stereocenters. The smallest absolute Gasteiger partial charge is 0.227 e. The largest absolute Gasteiger partial charge is 0.378 e. The third-order valence-corrected chi connectivity index (χ3v) is 6.20. The number of aromatic nitrogens is 1. The number of rotatable bonds is 6. The number of ether oxygens (including phenoxy) is 2. The summed E-state index contributed by atoms with van der Waals surface area (Å²) in [5, 5.41) is 0. The van der Waals surface area contributed by atoms with E-state index in [9.17, 15) is 4.79 Å². The van der Waals surface area contributed by atoms with Crippen molar-refractivity contribution in [1.29, 1.82) is 0 Å². The highest BCUT2D eigenvalue weighted by Crippen LogP contribution is 2.43. The number of carbonyl (C=O) groups is 1. The molecule has 4 rings (SSSR count). The summed E-state index contributed by atoms with van der Waals surface area (Å²) >= 11 is 0. The molecule has 2 saturated carbocycles. The van der Waals surface area contributed by atoms with Crippen molar-refractivity contribution in [3.63, 3.8) is 0 Å². The Bertz CT molecular complexity index is 604. The van der Waals surface area contributed by atoms with Gasteiger partial charge in [-0.2, -0.15) is 0 Å². The summed E-state index contributed by atoms with van der Waals surface area (Å²) in [5.74, 6) is 0.959. The van der Waals surface area contributed by atoms with E-state index >= 15 is 0 Å². The summed E-state index contributed by atoms with van der Waals surface area (Å²) in [6.07, 6.45) is 10.7. The highest BCUT2D eigenvalue weighted by molar-refractivity contribution is 5.79. The predicted octanol–water partition coefficient (Wildman–Crippen LogP) is 2.59. The van der Waals surface area contributed by atoms with Gasteiger partial charge in [0.2, 0.25) is 5.91 Å². The lowest BCUT2D eigenvalue weighted by Gasteiger charge is -2.43. The van der Waals surface area contributed by atoms with Crippen molar-refractivity contribution in [2.45, 2.75) is 62.7 Å². The molecule has 1 aliphatic heterocycles. The molecule has 2 aliphatic carbocycles. The van der Waals surface area contributed by atoms with Gasteiger partial charge in [0.15, 0.2) is 0 Å². The molecule has 1 aromatic heterocycles. The number of likely N-dealkylation sites (tertiary alicyclic amines) is 1. The van der Waals surface area contributed by atoms with Crippen molar-refractivity contribution in [3.05, 3.63) is 30.1 Å². The molecule has 5 heteroatoms. The zero-order chi connectivity index (χ0) is 17.3. The van der Waals surface area contributed by atoms with Gasteiger partial charge in [0.25, 0.3) is 0 Å². The van der Waals surface area contributed by atoms with Gasteiger partial charge < -0.3 is 14.4 Å². The van der Waals surface area contributed by atoms with Crippen LogP contribution in [0.2, 0.25) is 0 Å². The number of methoxy groups -OCH3 is 1. The molecule has 3 fully saturated rings. The first kappa shape index (κ1) is 17.0. The maximum atomic E-state index is 12.9. The Labute approximate surface area is 149 Å². The van der Waals surface area contributed by atoms with Gasteiger partial charge in [-0.15, -0.1) is 0 Å². The highest BCUT2D eigenvalue weighted by Gasteiger charge is 2.52. The second-order valence-electron chi connectivity index (χ2n) is 7.83. The number of fused-ring (bicyclic) bond motifs is 1. The lowest BCUT2D eigenvalue weighted by molar-refractivity contribution is -0.141. The topological polar surface area (TPSA) is 51.7 Å². The van der Waals surface area contributed by atoms with E-state index in [-0.39, 0.29) is 23.7 Å². The third-order valence-electron chi connectivity index (χ3n) is 6.20. The minimum absolute atomic E-state index is 0.139. The van der Waals surface area contributed by atoms with Crippen molar-refractivity contribution in [2.75, 3.05) is 20.3 Å². The molecule has 0 aromatic carbocycles. The number of pyridine rings is 1. The molecule has 1 aromatic rings. The Morgan fingerprint density at radius 3 is 2.96 bits per heavy atom. The van der Waals surface area contributed by atoms with Gasteiger partial charge in [0.05, 0.1) is 24.2 Å². The highest BCUT2D eigenvalue weighted by atomic mass is 16.5. The Kier molecular flexibility index (Phi) is 4.78. The van der Waals surface area contributed by atoms with Crippen LogP contribution in [0.3, 0.4) is 0 Å². The number of carbonyl (C=O) groups excluding carboxylic acids is 1. The van der Waals surface area contributed by atoms with E-state index in [0.717, 1.165) is 50.3 Å². The van der Waals surface area contributed by atoms with Crippen LogP contribution in [0.25, 0.3) is 0 Å². The van der Waals surface area contributed by atoms with Gasteiger partial charge in [-0.1, -0.05) is 6.07 Å². The Balaban J connectivity index is 1.43. The average molecular weight is 344 g/mol. The van der Waals surface area contributed by atoms with Crippen LogP contribution < -0.4 is 0 Å². The summed E-state index contributed by atoms with van der Waals surface area (Å²) < 4.78 is 12.1. The zero-order valence-corrected chi connectivity index (χ0v) is 15.0. The van der Waals surface area contributed by atoms with Crippen LogP contribution in [-0.4, -0.2) is 53.8 Å². The molecule has 3 aliphatic rings. The van der Waals surface area contributed by atoms with Gasteiger partial charge >= 0.3 is 0 Å². The molecule has 0 radical (unpaired) electrons. The second kappa shape index (κ2) is 7.04. The lowest BCUT2D eigenvalue weighted by Crippen LogP contribution is -2.53. The van der Waals surface area contributed by atoms with Gasteiger partial charge in [0.1, 0.15) is 0 Å². The summed E-state index contributed by atoms with van der Waals surface area (Å²) in [4.78, 5) is 19.1. The molecule has 2 heterocycles. The first-order valence-corrected chi connectivity index (χ1v) is 9.55. The molecule has 1 amide bonds. The standard InChI is InChI=1S/C20H28N2O3/c1-24-20-7-6-17(25-14-15-4-5-15)12-18(20)22(10-8-20)19(23)11-16-3-2-9-21-13-16/h2-3,9,13,15,17-18H,4-8,10-12,14H2,1H3/t17-,18+,20-/m1/s1. The molecular formula is C20H28N2O3. The van der Waals surface area contributed by atoms with Crippen LogP contribution in [0.15, 0.2) is 24.5 Å². The fourth-order valence-electron chi connectivity index (χ4n) is 4.45. The summed E-state index contributed by atoms with van der Waals surface area (Å²) in [6.45, 7) is 1.67. The zero-order valence-electron chi connectivity index (χ0n) is 15.0. The summed E-state index contributed by atoms with van der Waals surface area (Å²) in [7, 11) is 1.80. The molecular weight excluding hydrogens is 316 g/mol. The van der Waals surface area contributed by atoms with Gasteiger partial charge in [-0.05, 0) is 56.1 Å². The molecule has 25 heavy (non-hydrogen) atoms. The molecule has 0 N–H and O–H groups in total. The van der Waals surface area contributed by atoms with E-state index in [1.54, 1.807) is 19.5 Å². The van der Waals surface area contributed by atoms with Gasteiger partial charge in [-0.25, -0.2) is 0 Å². The SMILES string of the molecule is CO[C@@]12CC[C@@H](OCC3CC3)C[C@@H]1N(C(=O)Cc1cccnc1)CC2. The van der Waals surface area contributed by atoms with Crippen molar-refractivity contribution in [2.24, 2.45) is 5.92 Å². The third kappa shape index (κ3) is 3.58. The predicted molar refractivity (Wildman–Crippen MR) is 94.1 cm³/mol. The van der Waals surface area contributed by atoms with E-state index in [1.165, 1.54) is 12.8 Å². The van der Waals surface area contributed by atoms with Crippen LogP contribution in [0.5, 0.6) is 0 Å². The van der Waals surface area contributed by atoms with Crippen molar-refractivity contribution in [1.82, 2.24) is 9.88 Å². The molecule has 0 unspecified atom stereocenters. The number of nitrogens with zero attached hydrogens (tertiary/aromatic N) is 2. The summed E-state index contributed by atoms with van der Waals surface area (Å²) in [6, 6.07) is 3.99. The van der Waals surface area contributed by atoms with Gasteiger partial charge in [0, 0.05) is 32.7 Å². The number of amides is 1. The van der Waals surface area contributed by atoms with Crippen molar-refractivity contribution in [3.8, 4) is 0 Å². The Hall–Kier alpha value is -1.46. The fraction of sp³-hybridized carbons (Fsp3) is 0.700.